The van der Waals surface area contributed by atoms with Crippen molar-refractivity contribution in [3.8, 4) is 5.69 Å². The van der Waals surface area contributed by atoms with E-state index in [0.717, 1.165) is 29.1 Å². The Morgan fingerprint density at radius 2 is 2.04 bits per heavy atom. The smallest absolute Gasteiger partial charge is 0.251 e. The average molecular weight is 367 g/mol. The number of carbonyl (C=O) groups excluding carboxylic acids is 1. The maximum atomic E-state index is 14.0. The first-order valence-corrected chi connectivity index (χ1v) is 9.45. The summed E-state index contributed by atoms with van der Waals surface area (Å²) in [6.45, 7) is 1.98. The van der Waals surface area contributed by atoms with Gasteiger partial charge in [0.1, 0.15) is 5.82 Å². The summed E-state index contributed by atoms with van der Waals surface area (Å²) in [5.74, 6) is 0.419. The lowest BCUT2D eigenvalue weighted by atomic mass is 10.0. The molecule has 1 N–H and O–H groups in total. The predicted molar refractivity (Wildman–Crippen MR) is 100 cm³/mol. The van der Waals surface area contributed by atoms with E-state index in [-0.39, 0.29) is 17.8 Å². The van der Waals surface area contributed by atoms with Crippen LogP contribution in [-0.2, 0) is 0 Å². The average Bonchev–Trinajstić information content (AvgIpc) is 3.09. The van der Waals surface area contributed by atoms with E-state index in [9.17, 15) is 9.18 Å². The molecule has 2 heterocycles. The molecule has 0 bridgehead atoms. The molecule has 3 aromatic rings. The summed E-state index contributed by atoms with van der Waals surface area (Å²) in [5, 5.41) is 7.31. The number of halogens is 1. The molecule has 1 amide bonds. The summed E-state index contributed by atoms with van der Waals surface area (Å²) in [6, 6.07) is 14.1. The standard InChI is InChI=1S/C20H18FN3OS/c1-13-9-11-22-24(13)15-7-5-14(6-8-15)20(25)23-18-10-12-26-19-16(18)3-2-4-17(19)21/h2-9,11,18H,10,12H2,1H3,(H,23,25)/t18-/m1/s1. The molecule has 2 aromatic carbocycles. The lowest BCUT2D eigenvalue weighted by molar-refractivity contribution is 0.0935. The Hall–Kier alpha value is -2.60. The zero-order chi connectivity index (χ0) is 18.1. The van der Waals surface area contributed by atoms with Gasteiger partial charge >= 0.3 is 0 Å². The summed E-state index contributed by atoms with van der Waals surface area (Å²) in [5.41, 5.74) is 3.37. The van der Waals surface area contributed by atoms with Crippen LogP contribution in [0.25, 0.3) is 5.69 Å². The highest BCUT2D eigenvalue weighted by Crippen LogP contribution is 2.37. The van der Waals surface area contributed by atoms with Crippen molar-refractivity contribution in [3.05, 3.63) is 77.4 Å². The highest BCUT2D eigenvalue weighted by molar-refractivity contribution is 7.99. The van der Waals surface area contributed by atoms with E-state index in [1.54, 1.807) is 24.4 Å². The molecule has 0 radical (unpaired) electrons. The van der Waals surface area contributed by atoms with E-state index >= 15 is 0 Å². The number of benzene rings is 2. The molecule has 1 aliphatic heterocycles. The van der Waals surface area contributed by atoms with E-state index in [4.69, 9.17) is 0 Å². The zero-order valence-electron chi connectivity index (χ0n) is 14.3. The molecule has 0 aliphatic carbocycles. The fourth-order valence-electron chi connectivity index (χ4n) is 3.17. The number of thioether (sulfide) groups is 1. The first-order chi connectivity index (χ1) is 12.6. The third-order valence-corrected chi connectivity index (χ3v) is 5.70. The molecule has 4 nitrogen and oxygen atoms in total. The van der Waals surface area contributed by atoms with Gasteiger partial charge in [-0.05, 0) is 55.3 Å². The molecule has 6 heteroatoms. The second kappa shape index (κ2) is 6.96. The molecule has 0 fully saturated rings. The Kier molecular flexibility index (Phi) is 4.51. The van der Waals surface area contributed by atoms with Crippen LogP contribution in [0.5, 0.6) is 0 Å². The van der Waals surface area contributed by atoms with Crippen molar-refractivity contribution < 1.29 is 9.18 Å². The van der Waals surface area contributed by atoms with Crippen LogP contribution in [0.15, 0.2) is 59.6 Å². The SMILES string of the molecule is Cc1ccnn1-c1ccc(C(=O)N[C@@H]2CCSc3c(F)cccc32)cc1. The minimum absolute atomic E-state index is 0.152. The Morgan fingerprint density at radius 3 is 2.77 bits per heavy atom. The maximum absolute atomic E-state index is 14.0. The van der Waals surface area contributed by atoms with E-state index in [1.165, 1.54) is 17.8 Å². The number of hydrogen-bond donors (Lipinski definition) is 1. The first kappa shape index (κ1) is 16.8. The molecule has 0 saturated carbocycles. The number of hydrogen-bond acceptors (Lipinski definition) is 3. The Labute approximate surface area is 155 Å². The lowest BCUT2D eigenvalue weighted by Gasteiger charge is -2.26. The summed E-state index contributed by atoms with van der Waals surface area (Å²) >= 11 is 1.51. The molecule has 4 rings (SSSR count). The van der Waals surface area contributed by atoms with Crippen molar-refractivity contribution in [1.82, 2.24) is 15.1 Å². The quantitative estimate of drug-likeness (QED) is 0.751. The van der Waals surface area contributed by atoms with Crippen molar-refractivity contribution in [3.63, 3.8) is 0 Å². The van der Waals surface area contributed by atoms with Crippen LogP contribution < -0.4 is 5.32 Å². The summed E-state index contributed by atoms with van der Waals surface area (Å²) in [4.78, 5) is 13.3. The highest BCUT2D eigenvalue weighted by atomic mass is 32.2. The molecular weight excluding hydrogens is 349 g/mol. The molecule has 1 aromatic heterocycles. The van der Waals surface area contributed by atoms with E-state index in [1.807, 2.05) is 35.9 Å². The fourth-order valence-corrected chi connectivity index (χ4v) is 4.31. The number of amides is 1. The van der Waals surface area contributed by atoms with E-state index in [2.05, 4.69) is 10.4 Å². The Bertz CT molecular complexity index is 952. The van der Waals surface area contributed by atoms with E-state index in [0.29, 0.717) is 10.5 Å². The van der Waals surface area contributed by atoms with Crippen LogP contribution in [0.1, 0.15) is 34.1 Å². The number of nitrogens with one attached hydrogen (secondary N) is 1. The molecule has 0 unspecified atom stereocenters. The van der Waals surface area contributed by atoms with Gasteiger partial charge in [-0.25, -0.2) is 9.07 Å². The molecule has 0 saturated heterocycles. The molecule has 0 spiro atoms. The van der Waals surface area contributed by atoms with Crippen molar-refractivity contribution in [1.29, 1.82) is 0 Å². The zero-order valence-corrected chi connectivity index (χ0v) is 15.1. The van der Waals surface area contributed by atoms with Gasteiger partial charge in [-0.15, -0.1) is 11.8 Å². The monoisotopic (exact) mass is 367 g/mol. The minimum atomic E-state index is -0.217. The fraction of sp³-hybridized carbons (Fsp3) is 0.200. The number of carbonyl (C=O) groups is 1. The molecule has 26 heavy (non-hydrogen) atoms. The third kappa shape index (κ3) is 3.12. The minimum Gasteiger partial charge on any atom is -0.345 e. The number of nitrogens with zero attached hydrogens (tertiary/aromatic N) is 2. The number of fused-ring (bicyclic) bond motifs is 1. The number of rotatable bonds is 3. The van der Waals surface area contributed by atoms with Gasteiger partial charge in [-0.3, -0.25) is 4.79 Å². The van der Waals surface area contributed by atoms with Gasteiger partial charge in [-0.2, -0.15) is 5.10 Å². The van der Waals surface area contributed by atoms with Gasteiger partial charge in [0.2, 0.25) is 0 Å². The molecule has 1 aliphatic rings. The van der Waals surface area contributed by atoms with Gasteiger partial charge in [0.05, 0.1) is 11.7 Å². The second-order valence-electron chi connectivity index (χ2n) is 6.25. The molecule has 1 atom stereocenters. The summed E-state index contributed by atoms with van der Waals surface area (Å²) < 4.78 is 15.8. The summed E-state index contributed by atoms with van der Waals surface area (Å²) in [6.07, 6.45) is 2.53. The van der Waals surface area contributed by atoms with E-state index < -0.39 is 0 Å². The van der Waals surface area contributed by atoms with Crippen LogP contribution in [0.2, 0.25) is 0 Å². The van der Waals surface area contributed by atoms with Crippen LogP contribution in [-0.4, -0.2) is 21.4 Å². The maximum Gasteiger partial charge on any atom is 0.251 e. The van der Waals surface area contributed by atoms with Crippen LogP contribution >= 0.6 is 11.8 Å². The Balaban J connectivity index is 1.53. The van der Waals surface area contributed by atoms with Gasteiger partial charge in [0.25, 0.3) is 5.91 Å². The van der Waals surface area contributed by atoms with Crippen LogP contribution in [0.3, 0.4) is 0 Å². The number of aryl methyl sites for hydroxylation is 1. The molecule has 132 valence electrons. The largest absolute Gasteiger partial charge is 0.345 e. The lowest BCUT2D eigenvalue weighted by Crippen LogP contribution is -2.30. The van der Waals surface area contributed by atoms with Crippen LogP contribution in [0, 0.1) is 12.7 Å². The third-order valence-electron chi connectivity index (χ3n) is 4.54. The predicted octanol–water partition coefficient (Wildman–Crippen LogP) is 4.29. The van der Waals surface area contributed by atoms with Crippen molar-refractivity contribution in [2.75, 3.05) is 5.75 Å². The van der Waals surface area contributed by atoms with Crippen molar-refractivity contribution in [2.45, 2.75) is 24.3 Å². The Morgan fingerprint density at radius 1 is 1.23 bits per heavy atom. The second-order valence-corrected chi connectivity index (χ2v) is 7.36. The normalized spacial score (nSPS) is 16.2. The van der Waals surface area contributed by atoms with Gasteiger partial charge in [-0.1, -0.05) is 12.1 Å². The van der Waals surface area contributed by atoms with Gasteiger partial charge in [0, 0.05) is 28.1 Å². The van der Waals surface area contributed by atoms with Crippen molar-refractivity contribution in [2.24, 2.45) is 0 Å². The molecular formula is C20H18FN3OS. The highest BCUT2D eigenvalue weighted by Gasteiger charge is 2.24. The van der Waals surface area contributed by atoms with Gasteiger partial charge in [0.15, 0.2) is 0 Å². The number of aromatic nitrogens is 2. The topological polar surface area (TPSA) is 46.9 Å². The van der Waals surface area contributed by atoms with Gasteiger partial charge < -0.3 is 5.32 Å². The summed E-state index contributed by atoms with van der Waals surface area (Å²) in [7, 11) is 0. The first-order valence-electron chi connectivity index (χ1n) is 8.46. The van der Waals surface area contributed by atoms with Crippen molar-refractivity contribution >= 4 is 17.7 Å². The van der Waals surface area contributed by atoms with Crippen LogP contribution in [0.4, 0.5) is 4.39 Å².